The van der Waals surface area contributed by atoms with Crippen molar-refractivity contribution in [1.29, 1.82) is 0 Å². The second-order valence-electron chi connectivity index (χ2n) is 8.97. The maximum atomic E-state index is 12.5. The summed E-state index contributed by atoms with van der Waals surface area (Å²) >= 11 is 0. The van der Waals surface area contributed by atoms with Crippen LogP contribution in [0.15, 0.2) is 22.8 Å². The summed E-state index contributed by atoms with van der Waals surface area (Å²) in [4.78, 5) is 24.7. The van der Waals surface area contributed by atoms with E-state index in [0.29, 0.717) is 11.5 Å². The molecule has 0 bridgehead atoms. The van der Waals surface area contributed by atoms with Gasteiger partial charge in [0.2, 0.25) is 0 Å². The molecule has 0 N–H and O–H groups in total. The summed E-state index contributed by atoms with van der Waals surface area (Å²) in [5.74, 6) is -0.122. The standard InChI is InChI=1S/C22H34O4/c1-14(2)19(20(24)26-7)15-9-10-17-21(3,4)11-8-12-22(17,5)16(15)13-18(23)25-6/h13-14,17H,8-12H2,1-7H3/b16-13+,19-15-/t17-,22+/m0/s1. The van der Waals surface area contributed by atoms with E-state index >= 15 is 0 Å². The van der Waals surface area contributed by atoms with Gasteiger partial charge in [-0.3, -0.25) is 0 Å². The highest BCUT2D eigenvalue weighted by molar-refractivity contribution is 5.92. The molecule has 0 unspecified atom stereocenters. The van der Waals surface area contributed by atoms with E-state index in [-0.39, 0.29) is 28.7 Å². The van der Waals surface area contributed by atoms with Crippen LogP contribution < -0.4 is 0 Å². The summed E-state index contributed by atoms with van der Waals surface area (Å²) in [5, 5.41) is 0. The minimum Gasteiger partial charge on any atom is -0.466 e. The molecule has 146 valence electrons. The second kappa shape index (κ2) is 7.58. The summed E-state index contributed by atoms with van der Waals surface area (Å²) in [6.07, 6.45) is 6.82. The molecule has 4 nitrogen and oxygen atoms in total. The van der Waals surface area contributed by atoms with Crippen LogP contribution in [0.25, 0.3) is 0 Å². The summed E-state index contributed by atoms with van der Waals surface area (Å²) in [5.41, 5.74) is 2.77. The topological polar surface area (TPSA) is 52.6 Å². The molecule has 0 saturated heterocycles. The summed E-state index contributed by atoms with van der Waals surface area (Å²) in [6, 6.07) is 0. The van der Waals surface area contributed by atoms with Crippen LogP contribution in [0.2, 0.25) is 0 Å². The van der Waals surface area contributed by atoms with Gasteiger partial charge in [0.15, 0.2) is 0 Å². The van der Waals surface area contributed by atoms with Gasteiger partial charge in [-0.25, -0.2) is 9.59 Å². The van der Waals surface area contributed by atoms with Crippen LogP contribution >= 0.6 is 0 Å². The zero-order valence-electron chi connectivity index (χ0n) is 17.4. The molecule has 2 saturated carbocycles. The number of carbonyl (C=O) groups excluding carboxylic acids is 2. The zero-order valence-corrected chi connectivity index (χ0v) is 17.4. The van der Waals surface area contributed by atoms with Crippen LogP contribution in [0.4, 0.5) is 0 Å². The Morgan fingerprint density at radius 3 is 2.31 bits per heavy atom. The van der Waals surface area contributed by atoms with Crippen LogP contribution in [0, 0.1) is 22.7 Å². The third-order valence-corrected chi connectivity index (χ3v) is 6.62. The number of ether oxygens (including phenoxy) is 2. The van der Waals surface area contributed by atoms with Crippen LogP contribution in [0.5, 0.6) is 0 Å². The molecule has 0 aliphatic heterocycles. The van der Waals surface area contributed by atoms with E-state index in [4.69, 9.17) is 9.47 Å². The van der Waals surface area contributed by atoms with Gasteiger partial charge in [-0.2, -0.15) is 0 Å². The highest BCUT2D eigenvalue weighted by atomic mass is 16.5. The maximum absolute atomic E-state index is 12.5. The van der Waals surface area contributed by atoms with Gasteiger partial charge in [0.05, 0.1) is 14.2 Å². The molecule has 0 radical (unpaired) electrons. The molecule has 26 heavy (non-hydrogen) atoms. The molecule has 2 aliphatic carbocycles. The predicted octanol–water partition coefficient (Wildman–Crippen LogP) is 4.84. The fourth-order valence-electron chi connectivity index (χ4n) is 5.45. The average Bonchev–Trinajstić information content (AvgIpc) is 2.56. The number of esters is 2. The molecule has 2 atom stereocenters. The molecule has 2 rings (SSSR count). The minimum absolute atomic E-state index is 0.0373. The van der Waals surface area contributed by atoms with Crippen LogP contribution in [-0.4, -0.2) is 26.2 Å². The smallest absolute Gasteiger partial charge is 0.334 e. The van der Waals surface area contributed by atoms with Gasteiger partial charge in [0.1, 0.15) is 0 Å². The summed E-state index contributed by atoms with van der Waals surface area (Å²) in [6.45, 7) is 11.0. The number of fused-ring (bicyclic) bond motifs is 1. The quantitative estimate of drug-likeness (QED) is 0.532. The molecule has 0 aromatic carbocycles. The van der Waals surface area contributed by atoms with Crippen molar-refractivity contribution in [3.05, 3.63) is 22.8 Å². The van der Waals surface area contributed by atoms with E-state index in [1.54, 1.807) is 6.08 Å². The van der Waals surface area contributed by atoms with E-state index in [1.165, 1.54) is 20.6 Å². The van der Waals surface area contributed by atoms with Gasteiger partial charge in [-0.05, 0) is 59.5 Å². The molecule has 2 aliphatic rings. The van der Waals surface area contributed by atoms with Gasteiger partial charge in [0.25, 0.3) is 0 Å². The first kappa shape index (κ1) is 20.7. The van der Waals surface area contributed by atoms with E-state index in [9.17, 15) is 9.59 Å². The van der Waals surface area contributed by atoms with Crippen molar-refractivity contribution < 1.29 is 19.1 Å². The number of hydrogen-bond donors (Lipinski definition) is 0. The molecule has 0 aromatic heterocycles. The van der Waals surface area contributed by atoms with Gasteiger partial charge < -0.3 is 9.47 Å². The molecular formula is C22H34O4. The van der Waals surface area contributed by atoms with Crippen LogP contribution in [-0.2, 0) is 19.1 Å². The lowest BCUT2D eigenvalue weighted by Crippen LogP contribution is -2.46. The lowest BCUT2D eigenvalue weighted by Gasteiger charge is -2.55. The van der Waals surface area contributed by atoms with Crippen molar-refractivity contribution in [3.63, 3.8) is 0 Å². The molecular weight excluding hydrogens is 328 g/mol. The fraction of sp³-hybridized carbons (Fsp3) is 0.727. The van der Waals surface area contributed by atoms with Crippen LogP contribution in [0.1, 0.15) is 66.7 Å². The van der Waals surface area contributed by atoms with Gasteiger partial charge in [0, 0.05) is 11.6 Å². The third kappa shape index (κ3) is 3.60. The van der Waals surface area contributed by atoms with E-state index in [0.717, 1.165) is 36.8 Å². The summed E-state index contributed by atoms with van der Waals surface area (Å²) < 4.78 is 10.0. The Labute approximate surface area is 158 Å². The Balaban J connectivity index is 2.70. The monoisotopic (exact) mass is 362 g/mol. The van der Waals surface area contributed by atoms with Crippen molar-refractivity contribution >= 4 is 11.9 Å². The second-order valence-corrected chi connectivity index (χ2v) is 8.97. The largest absolute Gasteiger partial charge is 0.466 e. The Morgan fingerprint density at radius 2 is 1.77 bits per heavy atom. The first-order valence-corrected chi connectivity index (χ1v) is 9.70. The number of methoxy groups -OCH3 is 2. The molecule has 2 fully saturated rings. The van der Waals surface area contributed by atoms with Crippen molar-refractivity contribution in [2.75, 3.05) is 14.2 Å². The molecule has 0 amide bonds. The number of carbonyl (C=O) groups is 2. The van der Waals surface area contributed by atoms with E-state index in [1.807, 2.05) is 13.8 Å². The first-order chi connectivity index (χ1) is 12.1. The van der Waals surface area contributed by atoms with Crippen molar-refractivity contribution in [3.8, 4) is 0 Å². The minimum atomic E-state index is -0.351. The number of hydrogen-bond acceptors (Lipinski definition) is 4. The molecule has 0 heterocycles. The fourth-order valence-corrected chi connectivity index (χ4v) is 5.45. The Kier molecular flexibility index (Phi) is 6.04. The van der Waals surface area contributed by atoms with Gasteiger partial charge in [-0.15, -0.1) is 0 Å². The molecule has 0 spiro atoms. The SMILES string of the molecule is COC(=O)/C=C1\C(=C(/C(=O)OC)C(C)C)CC[C@H]2C(C)(C)CCC[C@]12C. The van der Waals surface area contributed by atoms with E-state index in [2.05, 4.69) is 20.8 Å². The van der Waals surface area contributed by atoms with Crippen molar-refractivity contribution in [2.24, 2.45) is 22.7 Å². The Morgan fingerprint density at radius 1 is 1.12 bits per heavy atom. The average molecular weight is 363 g/mol. The Bertz CT molecular complexity index is 639. The highest BCUT2D eigenvalue weighted by Crippen LogP contribution is 2.61. The maximum Gasteiger partial charge on any atom is 0.334 e. The predicted molar refractivity (Wildman–Crippen MR) is 102 cm³/mol. The van der Waals surface area contributed by atoms with Crippen LogP contribution in [0.3, 0.4) is 0 Å². The van der Waals surface area contributed by atoms with Gasteiger partial charge in [-0.1, -0.05) is 41.0 Å². The van der Waals surface area contributed by atoms with Gasteiger partial charge >= 0.3 is 11.9 Å². The van der Waals surface area contributed by atoms with E-state index < -0.39 is 0 Å². The lowest BCUT2D eigenvalue weighted by atomic mass is 9.49. The third-order valence-electron chi connectivity index (χ3n) is 6.62. The zero-order chi connectivity index (χ0) is 19.7. The number of allylic oxidation sites excluding steroid dienone is 2. The highest BCUT2D eigenvalue weighted by Gasteiger charge is 2.51. The number of rotatable bonds is 3. The molecule has 0 aromatic rings. The Hall–Kier alpha value is -1.58. The normalized spacial score (nSPS) is 31.4. The van der Waals surface area contributed by atoms with Crippen molar-refractivity contribution in [2.45, 2.75) is 66.7 Å². The molecule has 4 heteroatoms. The lowest BCUT2D eigenvalue weighted by molar-refractivity contribution is -0.137. The first-order valence-electron chi connectivity index (χ1n) is 9.70. The summed E-state index contributed by atoms with van der Waals surface area (Å²) in [7, 11) is 2.83. The van der Waals surface area contributed by atoms with Crippen molar-refractivity contribution in [1.82, 2.24) is 0 Å².